The Morgan fingerprint density at radius 3 is 1.80 bits per heavy atom. The van der Waals surface area contributed by atoms with Gasteiger partial charge in [-0.15, -0.1) is 11.8 Å². The van der Waals surface area contributed by atoms with Crippen molar-refractivity contribution < 1.29 is 23.8 Å². The van der Waals surface area contributed by atoms with Crippen LogP contribution in [-0.2, 0) is 25.7 Å². The zero-order valence-electron chi connectivity index (χ0n) is 26.2. The van der Waals surface area contributed by atoms with E-state index in [1.54, 1.807) is 23.9 Å². The van der Waals surface area contributed by atoms with Gasteiger partial charge in [-0.05, 0) is 33.9 Å². The summed E-state index contributed by atoms with van der Waals surface area (Å²) in [4.78, 5) is 25.6. The zero-order chi connectivity index (χ0) is 31.7. The van der Waals surface area contributed by atoms with Crippen molar-refractivity contribution in [2.24, 2.45) is 5.92 Å². The molecule has 2 heterocycles. The van der Waals surface area contributed by atoms with Gasteiger partial charge in [-0.1, -0.05) is 125 Å². The molecule has 1 aliphatic heterocycles. The Hall–Kier alpha value is -3.59. The summed E-state index contributed by atoms with van der Waals surface area (Å²) >= 11 is 1.71. The molecule has 1 aliphatic rings. The van der Waals surface area contributed by atoms with Crippen molar-refractivity contribution in [1.29, 1.82) is 0 Å². The Morgan fingerprint density at radius 1 is 0.886 bits per heavy atom. The first-order chi connectivity index (χ1) is 20.9. The lowest BCUT2D eigenvalue weighted by Crippen LogP contribution is -2.73. The van der Waals surface area contributed by atoms with E-state index in [9.17, 15) is 14.7 Å². The Morgan fingerprint density at radius 2 is 1.36 bits per heavy atom. The second-order valence-corrected chi connectivity index (χ2v) is 19.3. The van der Waals surface area contributed by atoms with Gasteiger partial charge in [0.2, 0.25) is 5.91 Å². The van der Waals surface area contributed by atoms with Gasteiger partial charge in [0.15, 0.2) is 8.24 Å². The number of hydrogen-bond donors (Lipinski definition) is 1. The van der Waals surface area contributed by atoms with Crippen molar-refractivity contribution in [2.75, 3.05) is 0 Å². The molecule has 0 aliphatic carbocycles. The number of hydrogen-bond acceptors (Lipinski definition) is 6. The van der Waals surface area contributed by atoms with Gasteiger partial charge in [0, 0.05) is 6.92 Å². The fourth-order valence-corrected chi connectivity index (χ4v) is 10.7. The highest BCUT2D eigenvalue weighted by Gasteiger charge is 2.62. The summed E-state index contributed by atoms with van der Waals surface area (Å²) in [6.07, 6.45) is -1.17. The standard InChI is InChI=1S/C36H41NO5SSi/c1-25(38)41-24-29-22-23-30(42-29)32(39)31-33(40)37(44(5,6)35(2,3)4)34(31)43-36(26-16-10-7-11-17-26,27-18-12-8-13-19-27)28-20-14-9-15-21-28/h7-23,31-32,34,39H,24H2,1-6H3. The molecule has 3 atom stereocenters. The van der Waals surface area contributed by atoms with Gasteiger partial charge in [-0.25, -0.2) is 0 Å². The van der Waals surface area contributed by atoms with Crippen molar-refractivity contribution in [3.05, 3.63) is 131 Å². The van der Waals surface area contributed by atoms with Crippen LogP contribution in [0.25, 0.3) is 0 Å². The van der Waals surface area contributed by atoms with E-state index in [0.717, 1.165) is 16.7 Å². The molecule has 5 rings (SSSR count). The van der Waals surface area contributed by atoms with Crippen LogP contribution in [0.2, 0.25) is 18.1 Å². The van der Waals surface area contributed by atoms with Crippen LogP contribution in [-0.4, -0.2) is 35.2 Å². The van der Waals surface area contributed by atoms with Crippen molar-refractivity contribution in [2.45, 2.75) is 68.7 Å². The van der Waals surface area contributed by atoms with Crippen LogP contribution >= 0.6 is 11.8 Å². The second-order valence-electron chi connectivity index (χ2n) is 12.9. The Labute approximate surface area is 265 Å². The monoisotopic (exact) mass is 627 g/mol. The first kappa shape index (κ1) is 31.8. The zero-order valence-corrected chi connectivity index (χ0v) is 28.0. The molecule has 6 nitrogen and oxygen atoms in total. The number of β-lactam (4-membered cyclic amide) rings is 1. The van der Waals surface area contributed by atoms with Crippen molar-refractivity contribution >= 4 is 31.9 Å². The average molecular weight is 628 g/mol. The molecule has 8 heteroatoms. The van der Waals surface area contributed by atoms with E-state index in [0.29, 0.717) is 5.76 Å². The van der Waals surface area contributed by atoms with E-state index in [1.165, 1.54) is 6.92 Å². The van der Waals surface area contributed by atoms with Crippen LogP contribution in [0.4, 0.5) is 0 Å². The van der Waals surface area contributed by atoms with Gasteiger partial charge in [0.1, 0.15) is 24.2 Å². The molecule has 230 valence electrons. The second kappa shape index (κ2) is 12.4. The molecule has 1 aromatic heterocycles. The van der Waals surface area contributed by atoms with Gasteiger partial charge in [-0.2, -0.15) is 0 Å². The highest BCUT2D eigenvalue weighted by Crippen LogP contribution is 2.58. The van der Waals surface area contributed by atoms with Crippen LogP contribution in [0.1, 0.15) is 62.0 Å². The number of thioether (sulfide) groups is 1. The smallest absolute Gasteiger partial charge is 0.303 e. The summed E-state index contributed by atoms with van der Waals surface area (Å²) in [7, 11) is -2.40. The molecule has 1 amide bonds. The largest absolute Gasteiger partial charge is 0.460 e. The first-order valence-corrected chi connectivity index (χ1v) is 18.8. The lowest BCUT2D eigenvalue weighted by molar-refractivity contribution is -0.151. The average Bonchev–Trinajstić information content (AvgIpc) is 3.48. The van der Waals surface area contributed by atoms with Crippen LogP contribution in [0.15, 0.2) is 108 Å². The maximum absolute atomic E-state index is 14.3. The molecular formula is C36H41NO5SSi. The van der Waals surface area contributed by atoms with Crippen molar-refractivity contribution in [3.63, 3.8) is 0 Å². The molecule has 3 aromatic carbocycles. The molecule has 1 N–H and O–H groups in total. The van der Waals surface area contributed by atoms with Crippen LogP contribution < -0.4 is 0 Å². The number of rotatable bonds is 10. The number of benzene rings is 3. The lowest BCUT2D eigenvalue weighted by atomic mass is 9.84. The van der Waals surface area contributed by atoms with Gasteiger partial charge < -0.3 is 18.8 Å². The Bertz CT molecular complexity index is 1490. The SMILES string of the molecule is CC(=O)OCc1ccc(C(O)C2C(=O)N([Si](C)(C)C(C)(C)C)C2SC(c2ccccc2)(c2ccccc2)c2ccccc2)o1. The summed E-state index contributed by atoms with van der Waals surface area (Å²) in [6, 6.07) is 34.5. The molecule has 1 fully saturated rings. The third-order valence-corrected chi connectivity index (χ3v) is 16.5. The molecule has 0 spiro atoms. The van der Waals surface area contributed by atoms with Crippen LogP contribution in [0.3, 0.4) is 0 Å². The number of aliphatic hydroxyl groups excluding tert-OH is 1. The van der Waals surface area contributed by atoms with E-state index >= 15 is 0 Å². The predicted octanol–water partition coefficient (Wildman–Crippen LogP) is 7.89. The summed E-state index contributed by atoms with van der Waals surface area (Å²) in [6.45, 7) is 12.4. The number of nitrogens with zero attached hydrogens (tertiary/aromatic N) is 1. The number of carbonyl (C=O) groups excluding carboxylic acids is 2. The van der Waals surface area contributed by atoms with E-state index in [4.69, 9.17) is 9.15 Å². The van der Waals surface area contributed by atoms with Gasteiger partial charge in [0.05, 0.1) is 16.0 Å². The lowest BCUT2D eigenvalue weighted by Gasteiger charge is -2.60. The number of ether oxygens (including phenoxy) is 1. The molecular weight excluding hydrogens is 587 g/mol. The van der Waals surface area contributed by atoms with E-state index in [-0.39, 0.29) is 28.7 Å². The first-order valence-electron chi connectivity index (χ1n) is 15.0. The van der Waals surface area contributed by atoms with Crippen molar-refractivity contribution in [3.8, 4) is 0 Å². The van der Waals surface area contributed by atoms with Gasteiger partial charge in [0.25, 0.3) is 0 Å². The summed E-state index contributed by atoms with van der Waals surface area (Å²) < 4.78 is 12.4. The quantitative estimate of drug-likeness (QED) is 0.0834. The minimum atomic E-state index is -2.40. The minimum Gasteiger partial charge on any atom is -0.460 e. The topological polar surface area (TPSA) is 80.0 Å². The van der Waals surface area contributed by atoms with Gasteiger partial charge in [-0.3, -0.25) is 9.59 Å². The predicted molar refractivity (Wildman–Crippen MR) is 177 cm³/mol. The molecule has 0 radical (unpaired) electrons. The third kappa shape index (κ3) is 5.78. The number of carbonyl (C=O) groups is 2. The Balaban J connectivity index is 1.66. The fourth-order valence-electron chi connectivity index (χ4n) is 5.74. The van der Waals surface area contributed by atoms with Gasteiger partial charge >= 0.3 is 5.97 Å². The number of furan rings is 1. The highest BCUT2D eigenvalue weighted by molar-refractivity contribution is 8.01. The van der Waals surface area contributed by atoms with Crippen molar-refractivity contribution in [1.82, 2.24) is 4.57 Å². The summed E-state index contributed by atoms with van der Waals surface area (Å²) in [5.41, 5.74) is 3.27. The molecule has 0 saturated carbocycles. The maximum Gasteiger partial charge on any atom is 0.303 e. The van der Waals surface area contributed by atoms with E-state index < -0.39 is 31.0 Å². The molecule has 44 heavy (non-hydrogen) atoms. The number of amides is 1. The maximum atomic E-state index is 14.3. The highest BCUT2D eigenvalue weighted by atomic mass is 32.2. The van der Waals surface area contributed by atoms with Crippen LogP contribution in [0.5, 0.6) is 0 Å². The fraction of sp³-hybridized carbons (Fsp3) is 0.333. The molecule has 4 aromatic rings. The van der Waals surface area contributed by atoms with E-state index in [1.807, 2.05) is 54.6 Å². The Kier molecular flexibility index (Phi) is 8.98. The number of esters is 1. The molecule has 3 unspecified atom stereocenters. The molecule has 0 bridgehead atoms. The molecule has 1 saturated heterocycles. The van der Waals surface area contributed by atoms with Crippen LogP contribution in [0, 0.1) is 5.92 Å². The van der Waals surface area contributed by atoms with E-state index in [2.05, 4.69) is 74.8 Å². The number of aliphatic hydroxyl groups is 1. The minimum absolute atomic E-state index is 0.0337. The normalized spacial score (nSPS) is 18.1. The summed E-state index contributed by atoms with van der Waals surface area (Å²) in [5, 5.41) is 11.3. The third-order valence-electron chi connectivity index (χ3n) is 9.09. The summed E-state index contributed by atoms with van der Waals surface area (Å²) in [5.74, 6) is -0.521.